The minimum Gasteiger partial charge on any atom is -0.490 e. The molecule has 2 aromatic rings. The van der Waals surface area contributed by atoms with Crippen molar-refractivity contribution >= 4 is 29.2 Å². The zero-order valence-electron chi connectivity index (χ0n) is 14.0. The van der Waals surface area contributed by atoms with Crippen LogP contribution >= 0.6 is 11.6 Å². The zero-order valence-corrected chi connectivity index (χ0v) is 14.7. The lowest BCUT2D eigenvalue weighted by molar-refractivity contribution is 0.0990. The van der Waals surface area contributed by atoms with Crippen LogP contribution in [0.3, 0.4) is 0 Å². The first-order chi connectivity index (χ1) is 12.1. The van der Waals surface area contributed by atoms with Gasteiger partial charge in [0.2, 0.25) is 0 Å². The molecule has 0 atom stereocenters. The lowest BCUT2D eigenvalue weighted by atomic mass is 10.1. The fraction of sp³-hybridized carbons (Fsp3) is 0.200. The van der Waals surface area contributed by atoms with Gasteiger partial charge in [0.15, 0.2) is 23.1 Å². The quantitative estimate of drug-likeness (QED) is 0.580. The number of allylic oxidation sites excluding steroid dienone is 1. The van der Waals surface area contributed by atoms with Gasteiger partial charge in [-0.1, -0.05) is 35.9 Å². The summed E-state index contributed by atoms with van der Waals surface area (Å²) in [6, 6.07) is 10.1. The van der Waals surface area contributed by atoms with Crippen molar-refractivity contribution in [3.63, 3.8) is 0 Å². The number of hydrogen-bond donors (Lipinski definition) is 0. The summed E-state index contributed by atoms with van der Waals surface area (Å²) in [6.45, 7) is 4.67. The van der Waals surface area contributed by atoms with Crippen molar-refractivity contribution in [2.75, 3.05) is 13.2 Å². The summed E-state index contributed by atoms with van der Waals surface area (Å²) in [7, 11) is 0. The molecule has 0 fully saturated rings. The maximum absolute atomic E-state index is 12.5. The number of carbonyl (C=O) groups is 2. The van der Waals surface area contributed by atoms with Crippen molar-refractivity contribution in [1.82, 2.24) is 0 Å². The molecule has 0 aliphatic heterocycles. The van der Waals surface area contributed by atoms with Crippen LogP contribution in [0.2, 0.25) is 5.02 Å². The first-order valence-corrected chi connectivity index (χ1v) is 8.43. The highest BCUT2D eigenvalue weighted by Gasteiger charge is 2.32. The molecule has 1 aliphatic rings. The van der Waals surface area contributed by atoms with Gasteiger partial charge in [-0.15, -0.1) is 0 Å². The van der Waals surface area contributed by atoms with Crippen LogP contribution in [0.4, 0.5) is 0 Å². The Balaban J connectivity index is 2.06. The van der Waals surface area contributed by atoms with Gasteiger partial charge in [0.1, 0.15) is 0 Å². The number of ketones is 2. The van der Waals surface area contributed by atoms with Crippen LogP contribution in [-0.4, -0.2) is 24.8 Å². The fourth-order valence-electron chi connectivity index (χ4n) is 2.76. The molecular formula is C20H17ClO4. The highest BCUT2D eigenvalue weighted by Crippen LogP contribution is 2.36. The van der Waals surface area contributed by atoms with E-state index in [9.17, 15) is 9.59 Å². The van der Waals surface area contributed by atoms with Crippen LogP contribution < -0.4 is 9.47 Å². The predicted molar refractivity (Wildman–Crippen MR) is 96.9 cm³/mol. The van der Waals surface area contributed by atoms with Gasteiger partial charge in [0.05, 0.1) is 23.8 Å². The monoisotopic (exact) mass is 356 g/mol. The fourth-order valence-corrected chi connectivity index (χ4v) is 2.97. The second kappa shape index (κ2) is 7.11. The molecule has 5 heteroatoms. The second-order valence-corrected chi connectivity index (χ2v) is 5.86. The van der Waals surface area contributed by atoms with Crippen LogP contribution in [0, 0.1) is 0 Å². The largest absolute Gasteiger partial charge is 0.490 e. The molecule has 128 valence electrons. The summed E-state index contributed by atoms with van der Waals surface area (Å²) in [5.74, 6) is 0.479. The molecule has 0 heterocycles. The summed E-state index contributed by atoms with van der Waals surface area (Å²) in [6.07, 6.45) is 1.52. The predicted octanol–water partition coefficient (Wildman–Crippen LogP) is 4.60. The molecular weight excluding hydrogens is 340 g/mol. The van der Waals surface area contributed by atoms with Crippen LogP contribution in [-0.2, 0) is 0 Å². The van der Waals surface area contributed by atoms with Crippen molar-refractivity contribution in [3.05, 3.63) is 63.7 Å². The summed E-state index contributed by atoms with van der Waals surface area (Å²) < 4.78 is 11.1. The topological polar surface area (TPSA) is 52.6 Å². The van der Waals surface area contributed by atoms with Crippen LogP contribution in [0.25, 0.3) is 6.08 Å². The van der Waals surface area contributed by atoms with E-state index in [1.165, 1.54) is 6.08 Å². The van der Waals surface area contributed by atoms with Gasteiger partial charge < -0.3 is 9.47 Å². The molecule has 0 saturated carbocycles. The Labute approximate surface area is 151 Å². The van der Waals surface area contributed by atoms with Crippen molar-refractivity contribution in [2.45, 2.75) is 13.8 Å². The van der Waals surface area contributed by atoms with Crippen molar-refractivity contribution in [1.29, 1.82) is 0 Å². The molecule has 0 spiro atoms. The van der Waals surface area contributed by atoms with E-state index in [4.69, 9.17) is 21.1 Å². The van der Waals surface area contributed by atoms with Crippen LogP contribution in [0.15, 0.2) is 42.0 Å². The van der Waals surface area contributed by atoms with E-state index >= 15 is 0 Å². The van der Waals surface area contributed by atoms with Gasteiger partial charge in [-0.3, -0.25) is 9.59 Å². The van der Waals surface area contributed by atoms with Crippen molar-refractivity contribution in [3.8, 4) is 11.5 Å². The van der Waals surface area contributed by atoms with E-state index in [2.05, 4.69) is 0 Å². The van der Waals surface area contributed by atoms with Gasteiger partial charge >= 0.3 is 0 Å². The number of benzene rings is 2. The summed E-state index contributed by atoms with van der Waals surface area (Å²) in [4.78, 5) is 25.0. The van der Waals surface area contributed by atoms with Crippen LogP contribution in [0.5, 0.6) is 11.5 Å². The molecule has 0 amide bonds. The third-order valence-corrected chi connectivity index (χ3v) is 4.20. The van der Waals surface area contributed by atoms with Gasteiger partial charge in [-0.2, -0.15) is 0 Å². The maximum Gasteiger partial charge on any atom is 0.197 e. The molecule has 0 bridgehead atoms. The molecule has 0 radical (unpaired) electrons. The summed E-state index contributed by atoms with van der Waals surface area (Å²) >= 11 is 6.32. The Bertz CT molecular complexity index is 846. The highest BCUT2D eigenvalue weighted by atomic mass is 35.5. The van der Waals surface area contributed by atoms with Gasteiger partial charge in [-0.05, 0) is 31.6 Å². The lowest BCUT2D eigenvalue weighted by Gasteiger charge is -2.13. The van der Waals surface area contributed by atoms with Gasteiger partial charge in [0.25, 0.3) is 0 Å². The molecule has 25 heavy (non-hydrogen) atoms. The molecule has 1 aliphatic carbocycles. The summed E-state index contributed by atoms with van der Waals surface area (Å²) in [5, 5.41) is 0.385. The van der Waals surface area contributed by atoms with Crippen molar-refractivity contribution in [2.24, 2.45) is 0 Å². The molecule has 3 rings (SSSR count). The first kappa shape index (κ1) is 17.2. The Morgan fingerprint density at radius 3 is 1.96 bits per heavy atom. The first-order valence-electron chi connectivity index (χ1n) is 8.06. The Morgan fingerprint density at radius 2 is 1.44 bits per heavy atom. The van der Waals surface area contributed by atoms with Crippen molar-refractivity contribution < 1.29 is 19.1 Å². The number of halogens is 1. The number of hydrogen-bond acceptors (Lipinski definition) is 4. The average molecular weight is 357 g/mol. The standard InChI is InChI=1S/C20H17ClO4/c1-3-24-17-10-12(16(21)11-18(17)25-4-2)9-15-19(22)13-7-5-6-8-14(13)20(15)23/h5-11H,3-4H2,1-2H3. The number of Topliss-reactive ketones (excluding diaryl/α,β-unsaturated/α-hetero) is 2. The van der Waals surface area contributed by atoms with E-state index in [1.807, 2.05) is 13.8 Å². The number of ether oxygens (including phenoxy) is 2. The Kier molecular flexibility index (Phi) is 4.91. The van der Waals surface area contributed by atoms with Crippen LogP contribution in [0.1, 0.15) is 40.1 Å². The van der Waals surface area contributed by atoms with Gasteiger partial charge in [-0.25, -0.2) is 0 Å². The maximum atomic E-state index is 12.5. The average Bonchev–Trinajstić information content (AvgIpc) is 2.84. The SMILES string of the molecule is CCOc1cc(Cl)c(C=C2C(=O)c3ccccc3C2=O)cc1OCC. The smallest absolute Gasteiger partial charge is 0.197 e. The zero-order chi connectivity index (χ0) is 18.0. The molecule has 0 aromatic heterocycles. The molecule has 0 saturated heterocycles. The molecule has 0 N–H and O–H groups in total. The minimum absolute atomic E-state index is 0.106. The highest BCUT2D eigenvalue weighted by molar-refractivity contribution is 6.41. The van der Waals surface area contributed by atoms with E-state index in [1.54, 1.807) is 36.4 Å². The number of carbonyl (C=O) groups excluding carboxylic acids is 2. The lowest BCUT2D eigenvalue weighted by Crippen LogP contribution is -2.02. The number of rotatable bonds is 5. The Hall–Kier alpha value is -2.59. The van der Waals surface area contributed by atoms with E-state index in [0.29, 0.717) is 46.4 Å². The summed E-state index contributed by atoms with van der Waals surface area (Å²) in [5.41, 5.74) is 1.49. The third-order valence-electron chi connectivity index (χ3n) is 3.87. The van der Waals surface area contributed by atoms with E-state index in [0.717, 1.165) is 0 Å². The molecule has 2 aromatic carbocycles. The molecule has 0 unspecified atom stereocenters. The molecule has 4 nitrogen and oxygen atoms in total. The Morgan fingerprint density at radius 1 is 0.920 bits per heavy atom. The van der Waals surface area contributed by atoms with E-state index < -0.39 is 0 Å². The third kappa shape index (κ3) is 3.17. The normalized spacial score (nSPS) is 13.0. The number of fused-ring (bicyclic) bond motifs is 1. The van der Waals surface area contributed by atoms with E-state index in [-0.39, 0.29) is 17.1 Å². The minimum atomic E-state index is -0.288. The van der Waals surface area contributed by atoms with Gasteiger partial charge in [0, 0.05) is 17.2 Å². The second-order valence-electron chi connectivity index (χ2n) is 5.45.